The van der Waals surface area contributed by atoms with Crippen molar-refractivity contribution in [3.8, 4) is 0 Å². The smallest absolute Gasteiger partial charge is 0.225 e. The van der Waals surface area contributed by atoms with Crippen molar-refractivity contribution in [1.29, 1.82) is 0 Å². The van der Waals surface area contributed by atoms with Crippen LogP contribution in [0.3, 0.4) is 0 Å². The Morgan fingerprint density at radius 1 is 1.14 bits per heavy atom. The minimum absolute atomic E-state index is 0.317. The van der Waals surface area contributed by atoms with Gasteiger partial charge in [0, 0.05) is 32.1 Å². The van der Waals surface area contributed by atoms with Gasteiger partial charge in [-0.25, -0.2) is 9.50 Å². The average Bonchev–Trinajstić information content (AvgIpc) is 3.35. The zero-order chi connectivity index (χ0) is 15.3. The Bertz CT molecular complexity index is 725. The van der Waals surface area contributed by atoms with Crippen molar-refractivity contribution in [2.75, 3.05) is 31.1 Å². The lowest BCUT2D eigenvalue weighted by Crippen LogP contribution is -2.49. The minimum Gasteiger partial charge on any atom is -0.352 e. The van der Waals surface area contributed by atoms with Crippen molar-refractivity contribution in [1.82, 2.24) is 19.5 Å². The fourth-order valence-corrected chi connectivity index (χ4v) is 3.06. The molecule has 0 aromatic carbocycles. The van der Waals surface area contributed by atoms with Gasteiger partial charge in [0.1, 0.15) is 5.82 Å². The molecule has 1 saturated carbocycles. The molecule has 1 aliphatic carbocycles. The molecule has 0 bridgehead atoms. The first kappa shape index (κ1) is 13.5. The number of anilines is 1. The number of amides is 1. The molecule has 0 unspecified atom stereocenters. The van der Waals surface area contributed by atoms with Crippen molar-refractivity contribution in [3.05, 3.63) is 23.5 Å². The first-order valence-electron chi connectivity index (χ1n) is 8.00. The zero-order valence-electron chi connectivity index (χ0n) is 13.1. The van der Waals surface area contributed by atoms with Gasteiger partial charge in [-0.15, -0.1) is 5.10 Å². The van der Waals surface area contributed by atoms with Crippen LogP contribution in [0.2, 0.25) is 0 Å². The van der Waals surface area contributed by atoms with E-state index in [2.05, 4.69) is 9.88 Å². The number of carbonyl (C=O) groups excluding carboxylic acids is 1. The van der Waals surface area contributed by atoms with E-state index in [1.807, 2.05) is 35.4 Å². The lowest BCUT2D eigenvalue weighted by atomic mass is 10.2. The zero-order valence-corrected chi connectivity index (χ0v) is 13.1. The second-order valence-electron chi connectivity index (χ2n) is 6.33. The first-order chi connectivity index (χ1) is 10.6. The highest BCUT2D eigenvalue weighted by molar-refractivity contribution is 5.81. The lowest BCUT2D eigenvalue weighted by molar-refractivity contribution is -0.132. The Labute approximate surface area is 129 Å². The maximum atomic E-state index is 12.1. The molecule has 2 fully saturated rings. The summed E-state index contributed by atoms with van der Waals surface area (Å²) in [6, 6.07) is 4.05. The average molecular weight is 299 g/mol. The molecule has 6 nitrogen and oxygen atoms in total. The first-order valence-corrected chi connectivity index (χ1v) is 8.00. The Morgan fingerprint density at radius 3 is 2.55 bits per heavy atom. The van der Waals surface area contributed by atoms with Gasteiger partial charge in [-0.3, -0.25) is 4.79 Å². The summed E-state index contributed by atoms with van der Waals surface area (Å²) >= 11 is 0. The third-order valence-electron chi connectivity index (χ3n) is 4.77. The molecule has 116 valence electrons. The Balaban J connectivity index is 1.51. The van der Waals surface area contributed by atoms with Crippen molar-refractivity contribution >= 4 is 17.4 Å². The number of carbonyl (C=O) groups is 1. The SMILES string of the molecule is Cc1nc2ccc(N3CCN(C(=O)C4CC4)CC3)nn2c1C. The van der Waals surface area contributed by atoms with Crippen LogP contribution >= 0.6 is 0 Å². The van der Waals surface area contributed by atoms with Crippen LogP contribution in [0.4, 0.5) is 5.82 Å². The van der Waals surface area contributed by atoms with E-state index in [-0.39, 0.29) is 0 Å². The van der Waals surface area contributed by atoms with Gasteiger partial charge in [-0.2, -0.15) is 0 Å². The molecule has 22 heavy (non-hydrogen) atoms. The summed E-state index contributed by atoms with van der Waals surface area (Å²) in [5.41, 5.74) is 2.99. The molecule has 1 saturated heterocycles. The van der Waals surface area contributed by atoms with Gasteiger partial charge in [0.25, 0.3) is 0 Å². The van der Waals surface area contributed by atoms with Crippen LogP contribution in [0.5, 0.6) is 0 Å². The van der Waals surface area contributed by atoms with Crippen LogP contribution in [0.1, 0.15) is 24.2 Å². The molecule has 2 aliphatic rings. The number of hydrogen-bond donors (Lipinski definition) is 0. The van der Waals surface area contributed by atoms with Crippen LogP contribution in [0.25, 0.3) is 5.65 Å². The summed E-state index contributed by atoms with van der Waals surface area (Å²) in [7, 11) is 0. The monoisotopic (exact) mass is 299 g/mol. The van der Waals surface area contributed by atoms with E-state index < -0.39 is 0 Å². The fraction of sp³-hybridized carbons (Fsp3) is 0.562. The van der Waals surface area contributed by atoms with Crippen LogP contribution in [-0.4, -0.2) is 51.6 Å². The number of piperazine rings is 1. The van der Waals surface area contributed by atoms with Crippen LogP contribution in [0.15, 0.2) is 12.1 Å². The predicted octanol–water partition coefficient (Wildman–Crippen LogP) is 1.40. The van der Waals surface area contributed by atoms with E-state index >= 15 is 0 Å². The number of aryl methyl sites for hydroxylation is 2. The van der Waals surface area contributed by atoms with Crippen molar-refractivity contribution in [2.24, 2.45) is 5.92 Å². The fourth-order valence-electron chi connectivity index (χ4n) is 3.06. The van der Waals surface area contributed by atoms with Gasteiger partial charge < -0.3 is 9.80 Å². The number of fused-ring (bicyclic) bond motifs is 1. The maximum Gasteiger partial charge on any atom is 0.225 e. The van der Waals surface area contributed by atoms with E-state index in [1.165, 1.54) is 0 Å². The molecular weight excluding hydrogens is 278 g/mol. The largest absolute Gasteiger partial charge is 0.352 e. The molecule has 0 atom stereocenters. The summed E-state index contributed by atoms with van der Waals surface area (Å²) in [6.45, 7) is 7.35. The highest BCUT2D eigenvalue weighted by Crippen LogP contribution is 2.31. The molecule has 2 aromatic rings. The van der Waals surface area contributed by atoms with Crippen LogP contribution in [-0.2, 0) is 4.79 Å². The summed E-state index contributed by atoms with van der Waals surface area (Å²) < 4.78 is 1.91. The summed E-state index contributed by atoms with van der Waals surface area (Å²) in [5, 5.41) is 4.71. The summed E-state index contributed by atoms with van der Waals surface area (Å²) in [5.74, 6) is 1.63. The second kappa shape index (κ2) is 4.97. The molecule has 4 rings (SSSR count). The van der Waals surface area contributed by atoms with Gasteiger partial charge in [-0.05, 0) is 38.8 Å². The minimum atomic E-state index is 0.317. The molecule has 0 N–H and O–H groups in total. The Hall–Kier alpha value is -2.11. The number of hydrogen-bond acceptors (Lipinski definition) is 4. The lowest BCUT2D eigenvalue weighted by Gasteiger charge is -2.35. The third-order valence-corrected chi connectivity index (χ3v) is 4.77. The number of imidazole rings is 1. The highest BCUT2D eigenvalue weighted by atomic mass is 16.2. The summed E-state index contributed by atoms with van der Waals surface area (Å²) in [4.78, 5) is 20.9. The van der Waals surface area contributed by atoms with Crippen molar-refractivity contribution < 1.29 is 4.79 Å². The molecule has 0 spiro atoms. The predicted molar refractivity (Wildman–Crippen MR) is 84.0 cm³/mol. The third kappa shape index (κ3) is 2.23. The van der Waals surface area contributed by atoms with E-state index in [0.717, 1.165) is 61.9 Å². The molecule has 1 aliphatic heterocycles. The summed E-state index contributed by atoms with van der Waals surface area (Å²) in [6.07, 6.45) is 2.16. The van der Waals surface area contributed by atoms with E-state index in [4.69, 9.17) is 5.10 Å². The molecular formula is C16H21N5O. The van der Waals surface area contributed by atoms with E-state index in [1.54, 1.807) is 0 Å². The molecule has 2 aromatic heterocycles. The standard InChI is InChI=1S/C16H21N5O/c1-11-12(2)21-14(17-11)5-6-15(18-21)19-7-9-20(10-8-19)16(22)13-3-4-13/h5-6,13H,3-4,7-10H2,1-2H3. The van der Waals surface area contributed by atoms with Gasteiger partial charge in [-0.1, -0.05) is 0 Å². The Kier molecular flexibility index (Phi) is 3.06. The van der Waals surface area contributed by atoms with Crippen LogP contribution < -0.4 is 4.90 Å². The van der Waals surface area contributed by atoms with Gasteiger partial charge in [0.2, 0.25) is 5.91 Å². The van der Waals surface area contributed by atoms with Gasteiger partial charge >= 0.3 is 0 Å². The number of nitrogens with zero attached hydrogens (tertiary/aromatic N) is 5. The van der Waals surface area contributed by atoms with E-state index in [0.29, 0.717) is 11.8 Å². The molecule has 0 radical (unpaired) electrons. The highest BCUT2D eigenvalue weighted by Gasteiger charge is 2.34. The molecule has 3 heterocycles. The number of aromatic nitrogens is 3. The van der Waals surface area contributed by atoms with Crippen LogP contribution in [0, 0.1) is 19.8 Å². The van der Waals surface area contributed by atoms with Gasteiger partial charge in [0.05, 0.1) is 11.4 Å². The quantitative estimate of drug-likeness (QED) is 0.841. The molecule has 6 heteroatoms. The molecule has 1 amide bonds. The van der Waals surface area contributed by atoms with Crippen molar-refractivity contribution in [3.63, 3.8) is 0 Å². The normalized spacial score (nSPS) is 19.0. The second-order valence-corrected chi connectivity index (χ2v) is 6.33. The topological polar surface area (TPSA) is 53.7 Å². The number of rotatable bonds is 2. The Morgan fingerprint density at radius 2 is 1.86 bits per heavy atom. The van der Waals surface area contributed by atoms with Gasteiger partial charge in [0.15, 0.2) is 5.65 Å². The maximum absolute atomic E-state index is 12.1. The van der Waals surface area contributed by atoms with Crippen molar-refractivity contribution in [2.45, 2.75) is 26.7 Å². The van der Waals surface area contributed by atoms with E-state index in [9.17, 15) is 4.79 Å².